The third-order valence-corrected chi connectivity index (χ3v) is 9.36. The Morgan fingerprint density at radius 2 is 1.83 bits per heavy atom. The standard InChI is InChI=1S/C23H30N4S3/c1-2-5-21-20(4-1)23(25-29-21)27-15-13-26(14-16-27)12-11-18-7-9-19(10-8-18)24-30-22-6-3-17-28-22/h1-6,17-19,24H,7-16H2. The number of piperazine rings is 1. The largest absolute Gasteiger partial charge is 0.353 e. The summed E-state index contributed by atoms with van der Waals surface area (Å²) in [5.74, 6) is 2.11. The predicted octanol–water partition coefficient (Wildman–Crippen LogP) is 5.73. The lowest BCUT2D eigenvalue weighted by Gasteiger charge is -2.36. The van der Waals surface area contributed by atoms with Crippen LogP contribution in [-0.4, -0.2) is 48.0 Å². The van der Waals surface area contributed by atoms with Crippen LogP contribution in [0.25, 0.3) is 10.1 Å². The molecular weight excluding hydrogens is 428 g/mol. The molecule has 0 bridgehead atoms. The topological polar surface area (TPSA) is 31.4 Å². The summed E-state index contributed by atoms with van der Waals surface area (Å²) in [6.45, 7) is 5.80. The number of thiophene rings is 1. The van der Waals surface area contributed by atoms with Crippen LogP contribution in [0.4, 0.5) is 5.82 Å². The molecule has 7 heteroatoms. The number of nitrogens with zero attached hydrogens (tertiary/aromatic N) is 3. The van der Waals surface area contributed by atoms with E-state index in [0.29, 0.717) is 6.04 Å². The summed E-state index contributed by atoms with van der Waals surface area (Å²) in [5.41, 5.74) is 0. The minimum atomic E-state index is 0.685. The molecule has 1 saturated carbocycles. The quantitative estimate of drug-likeness (QED) is 0.457. The Balaban J connectivity index is 1.02. The molecule has 160 valence electrons. The molecule has 30 heavy (non-hydrogen) atoms. The van der Waals surface area contributed by atoms with E-state index < -0.39 is 0 Å². The Morgan fingerprint density at radius 1 is 1.00 bits per heavy atom. The first-order valence-electron chi connectivity index (χ1n) is 11.1. The van der Waals surface area contributed by atoms with Gasteiger partial charge in [0.2, 0.25) is 0 Å². The molecular formula is C23H30N4S3. The average Bonchev–Trinajstić information content (AvgIpc) is 3.47. The van der Waals surface area contributed by atoms with E-state index >= 15 is 0 Å². The van der Waals surface area contributed by atoms with Crippen LogP contribution in [0.1, 0.15) is 32.1 Å². The highest BCUT2D eigenvalue weighted by atomic mass is 32.2. The Labute approximate surface area is 192 Å². The van der Waals surface area contributed by atoms with Crippen LogP contribution >= 0.6 is 34.8 Å². The molecule has 1 N–H and O–H groups in total. The summed E-state index contributed by atoms with van der Waals surface area (Å²) in [7, 11) is 0. The molecule has 0 radical (unpaired) electrons. The zero-order valence-electron chi connectivity index (χ0n) is 17.3. The van der Waals surface area contributed by atoms with E-state index in [1.807, 2.05) is 23.3 Å². The molecule has 0 unspecified atom stereocenters. The molecule has 1 aromatic carbocycles. The van der Waals surface area contributed by atoms with Gasteiger partial charge in [-0.25, -0.2) is 0 Å². The van der Waals surface area contributed by atoms with Crippen molar-refractivity contribution in [2.45, 2.75) is 42.4 Å². The average molecular weight is 459 g/mol. The molecule has 0 atom stereocenters. The number of rotatable bonds is 7. The molecule has 1 saturated heterocycles. The van der Waals surface area contributed by atoms with Crippen molar-refractivity contribution in [2.24, 2.45) is 5.92 Å². The van der Waals surface area contributed by atoms with Gasteiger partial charge in [-0.1, -0.05) is 18.2 Å². The van der Waals surface area contributed by atoms with Crippen LogP contribution in [0.3, 0.4) is 0 Å². The fourth-order valence-corrected chi connectivity index (χ4v) is 7.09. The van der Waals surface area contributed by atoms with E-state index in [0.717, 1.165) is 19.0 Å². The predicted molar refractivity (Wildman–Crippen MR) is 132 cm³/mol. The molecule has 5 rings (SSSR count). The maximum atomic E-state index is 4.74. The van der Waals surface area contributed by atoms with Gasteiger partial charge in [0.15, 0.2) is 0 Å². The number of anilines is 1. The minimum absolute atomic E-state index is 0.685. The number of benzene rings is 1. The highest BCUT2D eigenvalue weighted by molar-refractivity contribution is 7.99. The molecule has 4 nitrogen and oxygen atoms in total. The van der Waals surface area contributed by atoms with Gasteiger partial charge in [-0.15, -0.1) is 11.3 Å². The third-order valence-electron chi connectivity index (χ3n) is 6.55. The van der Waals surface area contributed by atoms with Gasteiger partial charge in [-0.3, -0.25) is 9.62 Å². The lowest BCUT2D eigenvalue weighted by molar-refractivity contribution is 0.215. The van der Waals surface area contributed by atoms with Crippen LogP contribution in [0.2, 0.25) is 0 Å². The normalized spacial score (nSPS) is 23.3. The van der Waals surface area contributed by atoms with Gasteiger partial charge in [0.05, 0.1) is 8.91 Å². The Bertz CT molecular complexity index is 910. The molecule has 3 aromatic rings. The molecule has 0 spiro atoms. The SMILES string of the molecule is c1csc(SNC2CCC(CCN3CCN(c4nsc5ccccc45)CC3)CC2)c1. The van der Waals surface area contributed by atoms with Crippen molar-refractivity contribution in [1.29, 1.82) is 0 Å². The van der Waals surface area contributed by atoms with E-state index in [1.54, 1.807) is 11.5 Å². The second-order valence-corrected chi connectivity index (χ2v) is 11.4. The fourth-order valence-electron chi connectivity index (χ4n) is 4.68. The lowest BCUT2D eigenvalue weighted by Crippen LogP contribution is -2.47. The third kappa shape index (κ3) is 5.02. The van der Waals surface area contributed by atoms with Crippen molar-refractivity contribution >= 4 is 50.7 Å². The number of nitrogens with one attached hydrogen (secondary N) is 1. The lowest BCUT2D eigenvalue weighted by atomic mass is 9.84. The van der Waals surface area contributed by atoms with E-state index in [9.17, 15) is 0 Å². The van der Waals surface area contributed by atoms with Crippen LogP contribution in [0.5, 0.6) is 0 Å². The molecule has 1 aliphatic carbocycles. The number of aromatic nitrogens is 1. The maximum absolute atomic E-state index is 4.74. The second-order valence-electron chi connectivity index (χ2n) is 8.49. The Kier molecular flexibility index (Phi) is 6.92. The van der Waals surface area contributed by atoms with Crippen LogP contribution in [-0.2, 0) is 0 Å². The molecule has 3 heterocycles. The van der Waals surface area contributed by atoms with E-state index in [4.69, 9.17) is 4.37 Å². The second kappa shape index (κ2) is 10.0. The first-order chi connectivity index (χ1) is 14.8. The van der Waals surface area contributed by atoms with Crippen molar-refractivity contribution in [3.63, 3.8) is 0 Å². The fraction of sp³-hybridized carbons (Fsp3) is 0.522. The monoisotopic (exact) mass is 458 g/mol. The van der Waals surface area contributed by atoms with Gasteiger partial charge in [0.25, 0.3) is 0 Å². The summed E-state index contributed by atoms with van der Waals surface area (Å²) < 4.78 is 11.1. The summed E-state index contributed by atoms with van der Waals surface area (Å²) in [4.78, 5) is 5.15. The minimum Gasteiger partial charge on any atom is -0.353 e. The van der Waals surface area contributed by atoms with Crippen molar-refractivity contribution in [3.8, 4) is 0 Å². The summed E-state index contributed by atoms with van der Waals surface area (Å²) in [5, 5.41) is 3.47. The summed E-state index contributed by atoms with van der Waals surface area (Å²) in [6.07, 6.45) is 6.78. The number of hydrogen-bond acceptors (Lipinski definition) is 7. The van der Waals surface area contributed by atoms with Gasteiger partial charge in [-0.2, -0.15) is 4.37 Å². The van der Waals surface area contributed by atoms with Crippen LogP contribution < -0.4 is 9.62 Å². The first kappa shape index (κ1) is 20.8. The Morgan fingerprint density at radius 3 is 2.63 bits per heavy atom. The number of fused-ring (bicyclic) bond motifs is 1. The van der Waals surface area contributed by atoms with E-state index in [1.165, 1.54) is 71.9 Å². The van der Waals surface area contributed by atoms with Crippen molar-refractivity contribution in [3.05, 3.63) is 41.8 Å². The maximum Gasteiger partial charge on any atom is 0.150 e. The van der Waals surface area contributed by atoms with Gasteiger partial charge in [0.1, 0.15) is 5.82 Å². The molecule has 2 aliphatic rings. The zero-order chi connectivity index (χ0) is 20.2. The zero-order valence-corrected chi connectivity index (χ0v) is 19.8. The number of hydrogen-bond donors (Lipinski definition) is 1. The van der Waals surface area contributed by atoms with Gasteiger partial charge >= 0.3 is 0 Å². The van der Waals surface area contributed by atoms with Gasteiger partial charge < -0.3 is 4.90 Å². The van der Waals surface area contributed by atoms with E-state index in [-0.39, 0.29) is 0 Å². The summed E-state index contributed by atoms with van der Waals surface area (Å²) >= 11 is 5.27. The van der Waals surface area contributed by atoms with Gasteiger partial charge in [0, 0.05) is 37.6 Å². The van der Waals surface area contributed by atoms with Crippen molar-refractivity contribution in [2.75, 3.05) is 37.6 Å². The van der Waals surface area contributed by atoms with Crippen LogP contribution in [0, 0.1) is 5.92 Å². The molecule has 1 aliphatic heterocycles. The summed E-state index contributed by atoms with van der Waals surface area (Å²) in [6, 6.07) is 13.6. The smallest absolute Gasteiger partial charge is 0.150 e. The van der Waals surface area contributed by atoms with Crippen LogP contribution in [0.15, 0.2) is 46.0 Å². The first-order valence-corrected chi connectivity index (χ1v) is 13.6. The highest BCUT2D eigenvalue weighted by Crippen LogP contribution is 2.31. The molecule has 2 fully saturated rings. The van der Waals surface area contributed by atoms with Gasteiger partial charge in [-0.05, 0) is 91.6 Å². The van der Waals surface area contributed by atoms with Crippen molar-refractivity contribution < 1.29 is 0 Å². The molecule has 0 amide bonds. The van der Waals surface area contributed by atoms with E-state index in [2.05, 4.69) is 56.3 Å². The highest BCUT2D eigenvalue weighted by Gasteiger charge is 2.24. The molecule has 2 aromatic heterocycles. The Hall–Kier alpha value is -1.12. The van der Waals surface area contributed by atoms with Crippen molar-refractivity contribution in [1.82, 2.24) is 14.0 Å².